The number of esters is 1. The van der Waals surface area contributed by atoms with E-state index in [1.807, 2.05) is 35.2 Å². The predicted molar refractivity (Wildman–Crippen MR) is 215 cm³/mol. The van der Waals surface area contributed by atoms with E-state index in [1.54, 1.807) is 44.3 Å². The number of nitrogen functional groups attached to an aromatic ring is 1. The predicted octanol–water partition coefficient (Wildman–Crippen LogP) is 5.84. The summed E-state index contributed by atoms with van der Waals surface area (Å²) in [4.78, 5) is 38.1. The normalized spacial score (nSPS) is 18.9. The number of hydrogen-bond donors (Lipinski definition) is 1. The first kappa shape index (κ1) is 42.4. The molecule has 2 N–H and O–H groups in total. The van der Waals surface area contributed by atoms with E-state index >= 15 is 13.2 Å². The van der Waals surface area contributed by atoms with Crippen molar-refractivity contribution in [1.29, 1.82) is 0 Å². The molecule has 0 aliphatic carbocycles. The fourth-order valence-corrected chi connectivity index (χ4v) is 8.85. The Kier molecular flexibility index (Phi) is 12.1. The van der Waals surface area contributed by atoms with Crippen LogP contribution in [-0.2, 0) is 30.9 Å². The molecule has 1 unspecified atom stereocenters. The van der Waals surface area contributed by atoms with Crippen LogP contribution in [0.15, 0.2) is 72.9 Å². The monoisotopic (exact) mass is 852 g/mol. The molecular formula is C41H47F3N8O7S. The van der Waals surface area contributed by atoms with E-state index < -0.39 is 51.7 Å². The van der Waals surface area contributed by atoms with Crippen molar-refractivity contribution in [2.24, 2.45) is 5.41 Å². The number of alkyl halides is 3. The largest absolute Gasteiger partial charge is 0.464 e. The van der Waals surface area contributed by atoms with Gasteiger partial charge < -0.3 is 24.8 Å². The number of piperidine rings is 1. The van der Waals surface area contributed by atoms with Crippen molar-refractivity contribution in [1.82, 2.24) is 29.0 Å². The summed E-state index contributed by atoms with van der Waals surface area (Å²) in [5.41, 5.74) is 8.32. The maximum atomic E-state index is 15.1. The van der Waals surface area contributed by atoms with Gasteiger partial charge in [-0.25, -0.2) is 22.7 Å². The Morgan fingerprint density at radius 1 is 1.02 bits per heavy atom. The molecule has 60 heavy (non-hydrogen) atoms. The number of aromatic nitrogens is 4. The molecule has 1 spiro atoms. The minimum absolute atomic E-state index is 0.0446. The molecular weight excluding hydrogens is 806 g/mol. The summed E-state index contributed by atoms with van der Waals surface area (Å²) in [5.74, 6) is -0.924. The number of likely N-dealkylation sites (tertiary alicyclic amines) is 1. The zero-order chi connectivity index (χ0) is 42.8. The number of aryl methyl sites for hydroxylation is 1. The number of ether oxygens (including phenoxy) is 3. The standard InChI is InChI=1S/C41H47F3N8O7S/c1-4-57-37(53)33-24-40(26-51(33)39(54)58-25-28-8-6-5-7-9-28)15-20-49(21-16-40)34-23-35(47-38(45)46-34)59-36(41(42,43)44)31-11-10-30(22-32(31)52-19-12-27(2)48-52)29-13-17-50(18-14-29)60(3,55)56/h5-13,19,22-23,33,36H,4,14-18,20-21,24-26H2,1-3H3,(H2,45,46,47)/t33-,36?/m0/s1. The van der Waals surface area contributed by atoms with E-state index in [-0.39, 0.29) is 55.9 Å². The summed E-state index contributed by atoms with van der Waals surface area (Å²) in [5, 5.41) is 4.40. The Morgan fingerprint density at radius 3 is 2.40 bits per heavy atom. The van der Waals surface area contributed by atoms with Crippen molar-refractivity contribution in [2.75, 3.05) is 56.2 Å². The average molecular weight is 853 g/mol. The van der Waals surface area contributed by atoms with E-state index in [0.717, 1.165) is 17.4 Å². The minimum atomic E-state index is -4.91. The second-order valence-corrected chi connectivity index (χ2v) is 17.3. The highest BCUT2D eigenvalue weighted by Gasteiger charge is 2.51. The number of carbonyl (C=O) groups excluding carboxylic acids is 2. The second-order valence-electron chi connectivity index (χ2n) is 15.4. The molecule has 0 bridgehead atoms. The SMILES string of the molecule is CCOC(=O)[C@@H]1CC2(CCN(c3cc(OC(c4ccc(C5=CCN(S(C)(=O)=O)CC5)cc4-n4ccc(C)n4)C(F)(F)F)nc(N)n3)CC2)CN1C(=O)OCc1ccccc1. The number of carbonyl (C=O) groups is 2. The van der Waals surface area contributed by atoms with E-state index in [9.17, 15) is 18.0 Å². The van der Waals surface area contributed by atoms with Gasteiger partial charge in [-0.1, -0.05) is 48.5 Å². The zero-order valence-electron chi connectivity index (χ0n) is 33.5. The van der Waals surface area contributed by atoms with Gasteiger partial charge in [0.05, 0.1) is 24.2 Å². The fourth-order valence-electron chi connectivity index (χ4n) is 8.08. The maximum absolute atomic E-state index is 15.1. The highest BCUT2D eigenvalue weighted by Crippen LogP contribution is 2.45. The lowest BCUT2D eigenvalue weighted by Crippen LogP contribution is -2.43. The molecule has 4 aromatic rings. The van der Waals surface area contributed by atoms with Crippen molar-refractivity contribution < 1.29 is 45.4 Å². The third-order valence-electron chi connectivity index (χ3n) is 11.2. The highest BCUT2D eigenvalue weighted by atomic mass is 32.2. The Morgan fingerprint density at radius 2 is 1.77 bits per heavy atom. The highest BCUT2D eigenvalue weighted by molar-refractivity contribution is 7.88. The lowest BCUT2D eigenvalue weighted by molar-refractivity contribution is -0.198. The summed E-state index contributed by atoms with van der Waals surface area (Å²) in [6.45, 7) is 5.05. The van der Waals surface area contributed by atoms with Gasteiger partial charge in [-0.2, -0.15) is 32.5 Å². The summed E-state index contributed by atoms with van der Waals surface area (Å²) in [6.07, 6.45) is -1.80. The zero-order valence-corrected chi connectivity index (χ0v) is 34.3. The Bertz CT molecular complexity index is 2350. The molecule has 2 aromatic carbocycles. The second kappa shape index (κ2) is 17.1. The van der Waals surface area contributed by atoms with Crippen molar-refractivity contribution >= 4 is 39.4 Å². The van der Waals surface area contributed by atoms with Gasteiger partial charge in [0.25, 0.3) is 0 Å². The van der Waals surface area contributed by atoms with E-state index in [2.05, 4.69) is 15.1 Å². The number of nitrogens with zero attached hydrogens (tertiary/aromatic N) is 7. The van der Waals surface area contributed by atoms with Gasteiger partial charge >= 0.3 is 18.2 Å². The van der Waals surface area contributed by atoms with E-state index in [1.165, 1.54) is 26.0 Å². The minimum Gasteiger partial charge on any atom is -0.464 e. The Balaban J connectivity index is 1.10. The first-order valence-corrected chi connectivity index (χ1v) is 21.4. The van der Waals surface area contributed by atoms with Gasteiger partial charge in [0.15, 0.2) is 0 Å². The smallest absolute Gasteiger partial charge is 0.429 e. The van der Waals surface area contributed by atoms with Crippen LogP contribution in [0.5, 0.6) is 5.88 Å². The molecule has 2 fully saturated rings. The first-order chi connectivity index (χ1) is 28.5. The van der Waals surface area contributed by atoms with Gasteiger partial charge in [-0.15, -0.1) is 0 Å². The van der Waals surface area contributed by atoms with Crippen LogP contribution in [0.25, 0.3) is 11.3 Å². The quantitative estimate of drug-likeness (QED) is 0.179. The van der Waals surface area contributed by atoms with Crippen LogP contribution >= 0.6 is 0 Å². The van der Waals surface area contributed by atoms with Gasteiger partial charge in [-0.3, -0.25) is 4.90 Å². The van der Waals surface area contributed by atoms with Gasteiger partial charge in [-0.05, 0) is 73.8 Å². The molecule has 1 amide bonds. The lowest BCUT2D eigenvalue weighted by Gasteiger charge is -2.39. The lowest BCUT2D eigenvalue weighted by atomic mass is 9.76. The molecule has 5 heterocycles. The molecule has 7 rings (SSSR count). The van der Waals surface area contributed by atoms with E-state index in [4.69, 9.17) is 19.9 Å². The van der Waals surface area contributed by atoms with Crippen LogP contribution < -0.4 is 15.4 Å². The molecule has 2 saturated heterocycles. The topological polar surface area (TPSA) is 175 Å². The summed E-state index contributed by atoms with van der Waals surface area (Å²) in [7, 11) is -3.41. The number of nitrogens with two attached hydrogens (primary N) is 1. The van der Waals surface area contributed by atoms with Gasteiger partial charge in [0.2, 0.25) is 28.0 Å². The van der Waals surface area contributed by atoms with Crippen LogP contribution in [0.4, 0.5) is 29.7 Å². The molecule has 2 atom stereocenters. The molecule has 19 heteroatoms. The number of amides is 1. The number of hydrogen-bond acceptors (Lipinski definition) is 12. The third-order valence-corrected chi connectivity index (χ3v) is 12.5. The molecule has 2 aromatic heterocycles. The van der Waals surface area contributed by atoms with Crippen LogP contribution in [0, 0.1) is 12.3 Å². The van der Waals surface area contributed by atoms with Gasteiger partial charge in [0, 0.05) is 50.6 Å². The molecule has 0 saturated carbocycles. The van der Waals surface area contributed by atoms with Crippen LogP contribution in [0.1, 0.15) is 61.1 Å². The molecule has 3 aliphatic rings. The first-order valence-electron chi connectivity index (χ1n) is 19.6. The van der Waals surface area contributed by atoms with E-state index in [0.29, 0.717) is 50.0 Å². The number of rotatable bonds is 11. The van der Waals surface area contributed by atoms with Crippen molar-refractivity contribution in [3.63, 3.8) is 0 Å². The van der Waals surface area contributed by atoms with Crippen molar-refractivity contribution in [2.45, 2.75) is 64.5 Å². The molecule has 320 valence electrons. The average Bonchev–Trinajstić information content (AvgIpc) is 3.82. The molecule has 3 aliphatic heterocycles. The summed E-state index contributed by atoms with van der Waals surface area (Å²) in [6, 6.07) is 15.9. The Hall–Kier alpha value is -5.69. The molecule has 0 radical (unpaired) electrons. The number of sulfonamides is 1. The van der Waals surface area contributed by atoms with Gasteiger partial charge in [0.1, 0.15) is 18.5 Å². The van der Waals surface area contributed by atoms with Crippen molar-refractivity contribution in [3.8, 4) is 11.6 Å². The van der Waals surface area contributed by atoms with Crippen molar-refractivity contribution in [3.05, 3.63) is 95.3 Å². The third kappa shape index (κ3) is 9.51. The number of anilines is 2. The fraction of sp³-hybridized carbons (Fsp3) is 0.439. The van der Waals surface area contributed by atoms with Crippen LogP contribution in [-0.4, -0.2) is 107 Å². The maximum Gasteiger partial charge on any atom is 0.429 e. The van der Waals surface area contributed by atoms with Crippen LogP contribution in [0.3, 0.4) is 0 Å². The number of halogens is 3. The number of benzene rings is 2. The molecule has 15 nitrogen and oxygen atoms in total. The van der Waals surface area contributed by atoms with Crippen LogP contribution in [0.2, 0.25) is 0 Å². The summed E-state index contributed by atoms with van der Waals surface area (Å²) >= 11 is 0. The Labute approximate surface area is 346 Å². The summed E-state index contributed by atoms with van der Waals surface area (Å²) < 4.78 is 88.8.